The molecule has 2 heterocycles. The van der Waals surface area contributed by atoms with Gasteiger partial charge in [-0.1, -0.05) is 6.92 Å². The first-order chi connectivity index (χ1) is 17.3. The molecule has 36 heavy (non-hydrogen) atoms. The summed E-state index contributed by atoms with van der Waals surface area (Å²) in [7, 11) is 0. The van der Waals surface area contributed by atoms with E-state index in [-0.39, 0.29) is 61.3 Å². The van der Waals surface area contributed by atoms with Crippen molar-refractivity contribution in [1.29, 1.82) is 0 Å². The summed E-state index contributed by atoms with van der Waals surface area (Å²) in [5.41, 5.74) is 2.03. The number of fused-ring (bicyclic) bond motifs is 1. The van der Waals surface area contributed by atoms with Crippen LogP contribution in [0.3, 0.4) is 0 Å². The molecule has 3 saturated carbocycles. The molecule has 0 spiro atoms. The van der Waals surface area contributed by atoms with Gasteiger partial charge in [-0.15, -0.1) is 0 Å². The lowest BCUT2D eigenvalue weighted by Gasteiger charge is -2.33. The summed E-state index contributed by atoms with van der Waals surface area (Å²) in [6.07, 6.45) is 7.41. The number of amides is 2. The molecule has 2 aromatic heterocycles. The minimum absolute atomic E-state index is 0.0156. The van der Waals surface area contributed by atoms with Gasteiger partial charge in [0, 0.05) is 25.2 Å². The second-order valence-corrected chi connectivity index (χ2v) is 10.8. The SMILES string of the molecule is CCCC(=O)N[C@@H](c1cnn2cc([C@@H](NC(=O)[C@H]3C[C@H]3CF)C3CCC(F)(F)CC3)nc2c1)C1CC1. The molecule has 10 heteroatoms. The zero-order valence-electron chi connectivity index (χ0n) is 20.6. The summed E-state index contributed by atoms with van der Waals surface area (Å²) in [4.78, 5) is 29.8. The van der Waals surface area contributed by atoms with Crippen LogP contribution in [-0.2, 0) is 9.59 Å². The molecular formula is C26H34F3N5O2. The summed E-state index contributed by atoms with van der Waals surface area (Å²) in [5, 5.41) is 10.7. The molecular weight excluding hydrogens is 471 g/mol. The van der Waals surface area contributed by atoms with Crippen LogP contribution in [0.15, 0.2) is 18.5 Å². The molecule has 0 bridgehead atoms. The molecule has 3 aliphatic carbocycles. The van der Waals surface area contributed by atoms with Crippen molar-refractivity contribution in [3.05, 3.63) is 29.7 Å². The molecule has 0 aromatic carbocycles. The third-order valence-electron chi connectivity index (χ3n) is 7.91. The van der Waals surface area contributed by atoms with Crippen LogP contribution in [0.5, 0.6) is 0 Å². The number of nitrogens with zero attached hydrogens (tertiary/aromatic N) is 3. The van der Waals surface area contributed by atoms with Gasteiger partial charge in [0.25, 0.3) is 0 Å². The average molecular weight is 506 g/mol. The summed E-state index contributed by atoms with van der Waals surface area (Å²) in [6.45, 7) is 1.44. The van der Waals surface area contributed by atoms with Gasteiger partial charge in [-0.2, -0.15) is 5.10 Å². The van der Waals surface area contributed by atoms with E-state index < -0.39 is 18.6 Å². The number of hydrogen-bond donors (Lipinski definition) is 2. The molecule has 2 N–H and O–H groups in total. The van der Waals surface area contributed by atoms with Crippen molar-refractivity contribution >= 4 is 17.5 Å². The Kier molecular flexibility index (Phi) is 6.96. The molecule has 3 aliphatic rings. The van der Waals surface area contributed by atoms with E-state index in [1.807, 2.05) is 13.0 Å². The van der Waals surface area contributed by atoms with Crippen LogP contribution < -0.4 is 10.6 Å². The average Bonchev–Trinajstić information content (AvgIpc) is 3.77. The Hall–Kier alpha value is -2.65. The smallest absolute Gasteiger partial charge is 0.248 e. The van der Waals surface area contributed by atoms with Crippen molar-refractivity contribution in [2.45, 2.75) is 82.7 Å². The van der Waals surface area contributed by atoms with Gasteiger partial charge in [-0.05, 0) is 67.9 Å². The van der Waals surface area contributed by atoms with Gasteiger partial charge in [0.15, 0.2) is 5.65 Å². The third kappa shape index (κ3) is 5.52. The number of nitrogens with one attached hydrogen (secondary N) is 2. The molecule has 7 nitrogen and oxygen atoms in total. The number of imidazole rings is 1. The summed E-state index contributed by atoms with van der Waals surface area (Å²) < 4.78 is 42.3. The highest BCUT2D eigenvalue weighted by Crippen LogP contribution is 2.44. The van der Waals surface area contributed by atoms with E-state index in [1.54, 1.807) is 16.9 Å². The number of rotatable bonds is 10. The molecule has 0 unspecified atom stereocenters. The van der Waals surface area contributed by atoms with E-state index in [1.165, 1.54) is 0 Å². The number of alkyl halides is 3. The Morgan fingerprint density at radius 2 is 1.86 bits per heavy atom. The minimum atomic E-state index is -2.68. The third-order valence-corrected chi connectivity index (χ3v) is 7.91. The van der Waals surface area contributed by atoms with Gasteiger partial charge in [-0.25, -0.2) is 18.3 Å². The Balaban J connectivity index is 1.39. The lowest BCUT2D eigenvalue weighted by molar-refractivity contribution is -0.124. The van der Waals surface area contributed by atoms with E-state index in [9.17, 15) is 22.8 Å². The molecule has 5 rings (SSSR count). The van der Waals surface area contributed by atoms with Crippen molar-refractivity contribution < 1.29 is 22.8 Å². The van der Waals surface area contributed by atoms with Gasteiger partial charge < -0.3 is 10.6 Å². The molecule has 2 aromatic rings. The Labute approximate surface area is 208 Å². The van der Waals surface area contributed by atoms with Gasteiger partial charge in [0.05, 0.1) is 36.8 Å². The number of carbonyl (C=O) groups is 2. The highest BCUT2D eigenvalue weighted by molar-refractivity contribution is 5.82. The van der Waals surface area contributed by atoms with Crippen LogP contribution in [0.4, 0.5) is 13.2 Å². The van der Waals surface area contributed by atoms with Crippen LogP contribution in [0.25, 0.3) is 5.65 Å². The summed E-state index contributed by atoms with van der Waals surface area (Å²) in [6, 6.07) is 1.24. The first-order valence-corrected chi connectivity index (χ1v) is 13.2. The molecule has 0 radical (unpaired) electrons. The monoisotopic (exact) mass is 505 g/mol. The standard InChI is InChI=1S/C26H34F3N5O2/c1-2-3-22(35)32-23(15-4-5-15)18-11-21-31-20(14-34(21)30-13-18)24(16-6-8-26(28,29)9-7-16)33-25(36)19-10-17(19)12-27/h11,13-17,19,23-24H,2-10,12H2,1H3,(H,32,35)(H,33,36)/t17-,19-,23+,24-/m0/s1. The van der Waals surface area contributed by atoms with E-state index >= 15 is 0 Å². The van der Waals surface area contributed by atoms with Crippen molar-refractivity contribution in [3.8, 4) is 0 Å². The second-order valence-electron chi connectivity index (χ2n) is 10.8. The highest BCUT2D eigenvalue weighted by atomic mass is 19.3. The molecule has 3 fully saturated rings. The predicted octanol–water partition coefficient (Wildman–Crippen LogP) is 4.69. The Morgan fingerprint density at radius 3 is 2.50 bits per heavy atom. The fraction of sp³-hybridized carbons (Fsp3) is 0.692. The van der Waals surface area contributed by atoms with Crippen LogP contribution in [0, 0.1) is 23.7 Å². The van der Waals surface area contributed by atoms with Crippen molar-refractivity contribution in [2.75, 3.05) is 6.67 Å². The Bertz CT molecular complexity index is 1110. The fourth-order valence-corrected chi connectivity index (χ4v) is 5.43. The van der Waals surface area contributed by atoms with Gasteiger partial charge in [-0.3, -0.25) is 14.0 Å². The predicted molar refractivity (Wildman–Crippen MR) is 127 cm³/mol. The maximum Gasteiger partial charge on any atom is 0.248 e. The molecule has 196 valence electrons. The van der Waals surface area contributed by atoms with Crippen LogP contribution in [0.1, 0.15) is 88.1 Å². The number of halogens is 3. The lowest BCUT2D eigenvalue weighted by atomic mass is 9.81. The van der Waals surface area contributed by atoms with E-state index in [0.717, 1.165) is 24.8 Å². The topological polar surface area (TPSA) is 88.4 Å². The van der Waals surface area contributed by atoms with Crippen molar-refractivity contribution in [3.63, 3.8) is 0 Å². The molecule has 4 atom stereocenters. The van der Waals surface area contributed by atoms with Gasteiger partial charge in [0.1, 0.15) is 0 Å². The molecule has 0 saturated heterocycles. The van der Waals surface area contributed by atoms with Gasteiger partial charge in [0.2, 0.25) is 17.7 Å². The van der Waals surface area contributed by atoms with Crippen LogP contribution in [0.2, 0.25) is 0 Å². The maximum absolute atomic E-state index is 13.8. The number of hydrogen-bond acceptors (Lipinski definition) is 4. The summed E-state index contributed by atoms with van der Waals surface area (Å²) >= 11 is 0. The first kappa shape index (κ1) is 25.0. The van der Waals surface area contributed by atoms with E-state index in [0.29, 0.717) is 30.1 Å². The minimum Gasteiger partial charge on any atom is -0.349 e. The van der Waals surface area contributed by atoms with E-state index in [2.05, 4.69) is 15.7 Å². The number of aromatic nitrogens is 3. The second kappa shape index (κ2) is 10.0. The largest absolute Gasteiger partial charge is 0.349 e. The molecule has 2 amide bonds. The number of carbonyl (C=O) groups excluding carboxylic acids is 2. The fourth-order valence-electron chi connectivity index (χ4n) is 5.43. The molecule has 0 aliphatic heterocycles. The van der Waals surface area contributed by atoms with E-state index in [4.69, 9.17) is 4.98 Å². The lowest BCUT2D eigenvalue weighted by Crippen LogP contribution is -2.38. The highest BCUT2D eigenvalue weighted by Gasteiger charge is 2.45. The van der Waals surface area contributed by atoms with Crippen LogP contribution >= 0.6 is 0 Å². The normalized spacial score (nSPS) is 25.3. The van der Waals surface area contributed by atoms with Gasteiger partial charge >= 0.3 is 0 Å². The van der Waals surface area contributed by atoms with Crippen molar-refractivity contribution in [2.24, 2.45) is 23.7 Å². The first-order valence-electron chi connectivity index (χ1n) is 13.2. The van der Waals surface area contributed by atoms with Crippen LogP contribution in [-0.4, -0.2) is 39.0 Å². The van der Waals surface area contributed by atoms with Crippen molar-refractivity contribution in [1.82, 2.24) is 25.2 Å². The summed E-state index contributed by atoms with van der Waals surface area (Å²) in [5.74, 6) is -3.34. The maximum atomic E-state index is 13.8. The zero-order chi connectivity index (χ0) is 25.4. The quantitative estimate of drug-likeness (QED) is 0.491. The zero-order valence-corrected chi connectivity index (χ0v) is 20.6. The Morgan fingerprint density at radius 1 is 1.14 bits per heavy atom.